The molecule has 4 rings (SSSR count). The maximum absolute atomic E-state index is 11.3. The Morgan fingerprint density at radius 1 is 1.21 bits per heavy atom. The van der Waals surface area contributed by atoms with Crippen molar-refractivity contribution in [3.05, 3.63) is 54.4 Å². The molecule has 0 radical (unpaired) electrons. The highest BCUT2D eigenvalue weighted by Gasteiger charge is 2.23. The molecule has 1 amide bonds. The number of benzene rings is 1. The molecule has 0 atom stereocenters. The highest BCUT2D eigenvalue weighted by atomic mass is 16.5. The first kappa shape index (κ1) is 14.3. The first-order valence-electron chi connectivity index (χ1n) is 7.37. The number of hydrogen-bond donors (Lipinski definition) is 1. The molecular formula is C17H14N4O3. The first-order valence-corrected chi connectivity index (χ1v) is 7.37. The average molecular weight is 322 g/mol. The zero-order valence-corrected chi connectivity index (χ0v) is 12.9. The number of ether oxygens (including phenoxy) is 2. The summed E-state index contributed by atoms with van der Waals surface area (Å²) in [5, 5.41) is 4.03. The molecule has 7 nitrogen and oxygen atoms in total. The molecule has 24 heavy (non-hydrogen) atoms. The third kappa shape index (κ3) is 2.36. The Balaban J connectivity index is 1.91. The molecule has 3 aromatic rings. The molecule has 0 aliphatic carbocycles. The van der Waals surface area contributed by atoms with Crippen molar-refractivity contribution in [2.24, 2.45) is 5.10 Å². The predicted molar refractivity (Wildman–Crippen MR) is 87.8 cm³/mol. The van der Waals surface area contributed by atoms with Crippen LogP contribution >= 0.6 is 0 Å². The van der Waals surface area contributed by atoms with Gasteiger partial charge in [0.1, 0.15) is 22.8 Å². The molecule has 0 bridgehead atoms. The smallest absolute Gasteiger partial charge is 0.278 e. The fourth-order valence-electron chi connectivity index (χ4n) is 2.58. The average Bonchev–Trinajstić information content (AvgIpc) is 3.02. The van der Waals surface area contributed by atoms with Crippen LogP contribution in [-0.4, -0.2) is 34.9 Å². The van der Waals surface area contributed by atoms with E-state index in [-0.39, 0.29) is 12.5 Å². The van der Waals surface area contributed by atoms with Gasteiger partial charge in [-0.2, -0.15) is 0 Å². The van der Waals surface area contributed by atoms with Crippen molar-refractivity contribution in [3.63, 3.8) is 0 Å². The van der Waals surface area contributed by atoms with Gasteiger partial charge in [0, 0.05) is 11.8 Å². The number of imidazole rings is 1. The maximum Gasteiger partial charge on any atom is 0.278 e. The number of nitrogens with one attached hydrogen (secondary N) is 1. The molecule has 0 spiro atoms. The summed E-state index contributed by atoms with van der Waals surface area (Å²) < 4.78 is 12.6. The summed E-state index contributed by atoms with van der Waals surface area (Å²) in [7, 11) is 1.62. The molecule has 0 unspecified atom stereocenters. The summed E-state index contributed by atoms with van der Waals surface area (Å²) in [6.45, 7) is -0.0685. The Hall–Kier alpha value is -3.35. The predicted octanol–water partition coefficient (Wildman–Crippen LogP) is 1.82. The van der Waals surface area contributed by atoms with Gasteiger partial charge in [-0.15, -0.1) is 5.10 Å². The number of hydrogen-bond acceptors (Lipinski definition) is 5. The standard InChI is InChI=1S/C17H14N4O3/c1-23-12-7-5-11(6-8-12)15-16(17-20-19-14(22)10-24-17)21-9-3-2-4-13(21)18-15/h2-9H,10H2,1H3,(H,19,22). The monoisotopic (exact) mass is 322 g/mol. The van der Waals surface area contributed by atoms with Gasteiger partial charge in [0.2, 0.25) is 0 Å². The summed E-state index contributed by atoms with van der Waals surface area (Å²) >= 11 is 0. The summed E-state index contributed by atoms with van der Waals surface area (Å²) in [5.41, 5.74) is 5.52. The molecule has 120 valence electrons. The number of pyridine rings is 1. The van der Waals surface area contributed by atoms with Crippen molar-refractivity contribution in [1.82, 2.24) is 14.8 Å². The van der Waals surface area contributed by atoms with Crippen LogP contribution in [0.1, 0.15) is 5.69 Å². The number of aromatic nitrogens is 2. The quantitative estimate of drug-likeness (QED) is 0.798. The van der Waals surface area contributed by atoms with Gasteiger partial charge in [0.05, 0.1) is 7.11 Å². The van der Waals surface area contributed by atoms with E-state index in [9.17, 15) is 4.79 Å². The number of carbonyl (C=O) groups is 1. The summed E-state index contributed by atoms with van der Waals surface area (Å²) in [5.74, 6) is 0.820. The van der Waals surface area contributed by atoms with Crippen LogP contribution < -0.4 is 10.2 Å². The topological polar surface area (TPSA) is 77.2 Å². The van der Waals surface area contributed by atoms with E-state index < -0.39 is 0 Å². The van der Waals surface area contributed by atoms with Gasteiger partial charge in [-0.3, -0.25) is 9.20 Å². The third-order valence-electron chi connectivity index (χ3n) is 3.72. The van der Waals surface area contributed by atoms with Crippen LogP contribution in [0, 0.1) is 0 Å². The van der Waals surface area contributed by atoms with E-state index in [2.05, 4.69) is 15.5 Å². The minimum absolute atomic E-state index is 0.0685. The van der Waals surface area contributed by atoms with Crippen LogP contribution in [0.5, 0.6) is 5.75 Å². The lowest BCUT2D eigenvalue weighted by atomic mass is 10.1. The minimum atomic E-state index is -0.279. The lowest BCUT2D eigenvalue weighted by Gasteiger charge is -2.14. The highest BCUT2D eigenvalue weighted by Crippen LogP contribution is 2.27. The summed E-state index contributed by atoms with van der Waals surface area (Å²) in [6.07, 6.45) is 1.88. The Labute approximate surface area is 137 Å². The van der Waals surface area contributed by atoms with E-state index in [1.54, 1.807) is 7.11 Å². The van der Waals surface area contributed by atoms with Gasteiger partial charge in [-0.25, -0.2) is 10.4 Å². The fraction of sp³-hybridized carbons (Fsp3) is 0.118. The SMILES string of the molecule is COc1ccc(-c2nc3ccccn3c2C2=NNC(=O)CO2)cc1. The number of fused-ring (bicyclic) bond motifs is 1. The zero-order valence-electron chi connectivity index (χ0n) is 12.9. The Morgan fingerprint density at radius 2 is 2.04 bits per heavy atom. The molecular weight excluding hydrogens is 308 g/mol. The van der Waals surface area contributed by atoms with Crippen LogP contribution in [-0.2, 0) is 9.53 Å². The van der Waals surface area contributed by atoms with Crippen LogP contribution in [0.2, 0.25) is 0 Å². The number of amides is 1. The second-order valence-electron chi connectivity index (χ2n) is 5.21. The van der Waals surface area contributed by atoms with Crippen molar-refractivity contribution in [1.29, 1.82) is 0 Å². The van der Waals surface area contributed by atoms with E-state index in [4.69, 9.17) is 9.47 Å². The second-order valence-corrected chi connectivity index (χ2v) is 5.21. The molecule has 7 heteroatoms. The molecule has 1 aromatic carbocycles. The minimum Gasteiger partial charge on any atom is -0.497 e. The van der Waals surface area contributed by atoms with Gasteiger partial charge in [0.15, 0.2) is 6.61 Å². The molecule has 1 N–H and O–H groups in total. The lowest BCUT2D eigenvalue weighted by Crippen LogP contribution is -2.32. The lowest BCUT2D eigenvalue weighted by molar-refractivity contribution is -0.124. The highest BCUT2D eigenvalue weighted by molar-refractivity contribution is 6.02. The van der Waals surface area contributed by atoms with Gasteiger partial charge < -0.3 is 9.47 Å². The molecule has 0 fully saturated rings. The van der Waals surface area contributed by atoms with Crippen molar-refractivity contribution in [2.45, 2.75) is 0 Å². The molecule has 0 saturated carbocycles. The Bertz CT molecular complexity index is 944. The fourth-order valence-corrected chi connectivity index (χ4v) is 2.58. The maximum atomic E-state index is 11.3. The van der Waals surface area contributed by atoms with E-state index >= 15 is 0 Å². The molecule has 1 aliphatic rings. The van der Waals surface area contributed by atoms with Gasteiger partial charge in [-0.05, 0) is 36.4 Å². The molecule has 3 heterocycles. The molecule has 2 aromatic heterocycles. The number of methoxy groups -OCH3 is 1. The Kier molecular flexibility index (Phi) is 3.38. The number of hydrazone groups is 1. The van der Waals surface area contributed by atoms with Crippen molar-refractivity contribution >= 4 is 17.5 Å². The van der Waals surface area contributed by atoms with Crippen molar-refractivity contribution in [2.75, 3.05) is 13.7 Å². The number of carbonyl (C=O) groups excluding carboxylic acids is 1. The van der Waals surface area contributed by atoms with E-state index in [0.29, 0.717) is 11.6 Å². The van der Waals surface area contributed by atoms with Crippen molar-refractivity contribution < 1.29 is 14.3 Å². The first-order chi connectivity index (χ1) is 11.8. The van der Waals surface area contributed by atoms with Gasteiger partial charge >= 0.3 is 0 Å². The van der Waals surface area contributed by atoms with Crippen LogP contribution in [0.3, 0.4) is 0 Å². The summed E-state index contributed by atoms with van der Waals surface area (Å²) in [6, 6.07) is 13.3. The third-order valence-corrected chi connectivity index (χ3v) is 3.72. The van der Waals surface area contributed by atoms with E-state index in [0.717, 1.165) is 22.7 Å². The normalized spacial score (nSPS) is 14.0. The number of rotatable bonds is 3. The van der Waals surface area contributed by atoms with Gasteiger partial charge in [-0.1, -0.05) is 6.07 Å². The van der Waals surface area contributed by atoms with Crippen LogP contribution in [0.15, 0.2) is 53.8 Å². The van der Waals surface area contributed by atoms with Crippen molar-refractivity contribution in [3.8, 4) is 17.0 Å². The van der Waals surface area contributed by atoms with E-state index in [1.807, 2.05) is 53.1 Å². The Morgan fingerprint density at radius 3 is 2.75 bits per heavy atom. The summed E-state index contributed by atoms with van der Waals surface area (Å²) in [4.78, 5) is 16.0. The zero-order chi connectivity index (χ0) is 16.5. The largest absolute Gasteiger partial charge is 0.497 e. The second kappa shape index (κ2) is 5.69. The number of nitrogens with zero attached hydrogens (tertiary/aromatic N) is 3. The molecule has 1 aliphatic heterocycles. The molecule has 0 saturated heterocycles. The van der Waals surface area contributed by atoms with Crippen LogP contribution in [0.4, 0.5) is 0 Å². The van der Waals surface area contributed by atoms with Crippen LogP contribution in [0.25, 0.3) is 16.9 Å². The van der Waals surface area contributed by atoms with E-state index in [1.165, 1.54) is 0 Å². The van der Waals surface area contributed by atoms with Gasteiger partial charge in [0.25, 0.3) is 11.8 Å².